The van der Waals surface area contributed by atoms with E-state index in [9.17, 15) is 9.90 Å². The molecule has 3 unspecified atom stereocenters. The van der Waals surface area contributed by atoms with Gasteiger partial charge in [0, 0.05) is 18.5 Å². The van der Waals surface area contributed by atoms with E-state index in [1.165, 1.54) is 0 Å². The molecule has 4 nitrogen and oxygen atoms in total. The molecule has 0 aliphatic carbocycles. The molecule has 1 saturated heterocycles. The third-order valence-electron chi connectivity index (χ3n) is 3.25. The molecule has 0 radical (unpaired) electrons. The minimum absolute atomic E-state index is 0.0908. The van der Waals surface area contributed by atoms with Crippen molar-refractivity contribution in [2.75, 3.05) is 13.1 Å². The summed E-state index contributed by atoms with van der Waals surface area (Å²) in [5.41, 5.74) is 0. The molecule has 1 fully saturated rings. The number of nitrogens with one attached hydrogen (secondary N) is 2. The molecule has 0 spiro atoms. The zero-order valence-electron chi connectivity index (χ0n) is 10.5. The number of aliphatic hydroxyl groups excluding tert-OH is 1. The molecule has 1 heterocycles. The molecule has 16 heavy (non-hydrogen) atoms. The molecule has 1 amide bonds. The van der Waals surface area contributed by atoms with Crippen LogP contribution in [0.15, 0.2) is 0 Å². The Morgan fingerprint density at radius 3 is 2.81 bits per heavy atom. The minimum Gasteiger partial charge on any atom is -0.391 e. The Kier molecular flexibility index (Phi) is 5.22. The van der Waals surface area contributed by atoms with Crippen LogP contribution in [0.25, 0.3) is 0 Å². The highest BCUT2D eigenvalue weighted by molar-refractivity contribution is 5.78. The Hall–Kier alpha value is -0.610. The third kappa shape index (κ3) is 4.10. The molecule has 3 atom stereocenters. The molecule has 94 valence electrons. The number of amides is 1. The zero-order chi connectivity index (χ0) is 12.1. The van der Waals surface area contributed by atoms with Gasteiger partial charge in [-0.05, 0) is 32.2 Å². The third-order valence-corrected chi connectivity index (χ3v) is 3.25. The maximum Gasteiger partial charge on any atom is 0.223 e. The van der Waals surface area contributed by atoms with Gasteiger partial charge < -0.3 is 15.7 Å². The number of aliphatic hydroxyl groups is 1. The second-order valence-electron chi connectivity index (χ2n) is 5.13. The quantitative estimate of drug-likeness (QED) is 0.657. The lowest BCUT2D eigenvalue weighted by molar-refractivity contribution is -0.126. The van der Waals surface area contributed by atoms with Crippen LogP contribution in [0, 0.1) is 11.8 Å². The molecule has 0 aromatic carbocycles. The lowest BCUT2D eigenvalue weighted by atomic mass is 9.92. The molecule has 3 N–H and O–H groups in total. The van der Waals surface area contributed by atoms with E-state index in [1.54, 1.807) is 0 Å². The predicted molar refractivity (Wildman–Crippen MR) is 64.0 cm³/mol. The van der Waals surface area contributed by atoms with E-state index < -0.39 is 6.10 Å². The van der Waals surface area contributed by atoms with Crippen LogP contribution >= 0.6 is 0 Å². The molecular weight excluding hydrogens is 204 g/mol. The molecule has 1 aliphatic rings. The fourth-order valence-corrected chi connectivity index (χ4v) is 1.96. The largest absolute Gasteiger partial charge is 0.391 e. The van der Waals surface area contributed by atoms with Crippen LogP contribution in [0.5, 0.6) is 0 Å². The molecule has 0 aromatic heterocycles. The average Bonchev–Trinajstić information content (AvgIpc) is 2.25. The first-order chi connectivity index (χ1) is 7.50. The minimum atomic E-state index is -0.442. The number of carbonyl (C=O) groups is 1. The van der Waals surface area contributed by atoms with Crippen molar-refractivity contribution in [3.8, 4) is 0 Å². The standard InChI is InChI=1S/C12H24N2O2/c1-8(2)11(15)7-14-12(16)10-4-5-13-9(3)6-10/h8-11,13,15H,4-7H2,1-3H3,(H,14,16). The van der Waals surface area contributed by atoms with Crippen LogP contribution in [0.3, 0.4) is 0 Å². The van der Waals surface area contributed by atoms with Crippen LogP contribution in [0.2, 0.25) is 0 Å². The molecule has 0 bridgehead atoms. The summed E-state index contributed by atoms with van der Waals surface area (Å²) >= 11 is 0. The lowest BCUT2D eigenvalue weighted by Gasteiger charge is -2.27. The summed E-state index contributed by atoms with van der Waals surface area (Å²) in [4.78, 5) is 11.8. The summed E-state index contributed by atoms with van der Waals surface area (Å²) in [6.07, 6.45) is 1.35. The normalized spacial score (nSPS) is 27.8. The van der Waals surface area contributed by atoms with Gasteiger partial charge in [-0.1, -0.05) is 13.8 Å². The van der Waals surface area contributed by atoms with E-state index in [0.717, 1.165) is 19.4 Å². The van der Waals surface area contributed by atoms with Crippen molar-refractivity contribution in [1.29, 1.82) is 0 Å². The van der Waals surface area contributed by atoms with E-state index >= 15 is 0 Å². The maximum atomic E-state index is 11.8. The molecule has 1 rings (SSSR count). The molecule has 4 heteroatoms. The van der Waals surface area contributed by atoms with E-state index in [1.807, 2.05) is 13.8 Å². The summed E-state index contributed by atoms with van der Waals surface area (Å²) in [6, 6.07) is 0.416. The van der Waals surface area contributed by atoms with E-state index in [0.29, 0.717) is 12.6 Å². The smallest absolute Gasteiger partial charge is 0.223 e. The molecular formula is C12H24N2O2. The first-order valence-electron chi connectivity index (χ1n) is 6.20. The summed E-state index contributed by atoms with van der Waals surface area (Å²) in [7, 11) is 0. The number of hydrogen-bond acceptors (Lipinski definition) is 3. The van der Waals surface area contributed by atoms with Crippen LogP contribution in [0.1, 0.15) is 33.6 Å². The number of carbonyl (C=O) groups excluding carboxylic acids is 1. The fourth-order valence-electron chi connectivity index (χ4n) is 1.96. The van der Waals surface area contributed by atoms with Crippen molar-refractivity contribution in [1.82, 2.24) is 10.6 Å². The predicted octanol–water partition coefficient (Wildman–Crippen LogP) is 0.508. The summed E-state index contributed by atoms with van der Waals surface area (Å²) in [5.74, 6) is 0.385. The monoisotopic (exact) mass is 228 g/mol. The summed E-state index contributed by atoms with van der Waals surface area (Å²) in [6.45, 7) is 7.27. The SMILES string of the molecule is CC1CC(C(=O)NCC(O)C(C)C)CCN1. The Morgan fingerprint density at radius 1 is 1.56 bits per heavy atom. The van der Waals surface area contributed by atoms with Crippen LogP contribution in [0.4, 0.5) is 0 Å². The average molecular weight is 228 g/mol. The van der Waals surface area contributed by atoms with Crippen molar-refractivity contribution < 1.29 is 9.90 Å². The van der Waals surface area contributed by atoms with Gasteiger partial charge >= 0.3 is 0 Å². The Morgan fingerprint density at radius 2 is 2.25 bits per heavy atom. The fraction of sp³-hybridized carbons (Fsp3) is 0.917. The van der Waals surface area contributed by atoms with Crippen molar-refractivity contribution in [2.24, 2.45) is 11.8 Å². The second-order valence-corrected chi connectivity index (χ2v) is 5.13. The summed E-state index contributed by atoms with van der Waals surface area (Å²) < 4.78 is 0. The second kappa shape index (κ2) is 6.21. The molecule has 0 aromatic rings. The Bertz CT molecular complexity index is 231. The van der Waals surface area contributed by atoms with Crippen molar-refractivity contribution in [2.45, 2.75) is 45.8 Å². The van der Waals surface area contributed by atoms with Crippen molar-refractivity contribution in [3.63, 3.8) is 0 Å². The van der Waals surface area contributed by atoms with Gasteiger partial charge in [0.2, 0.25) is 5.91 Å². The zero-order valence-corrected chi connectivity index (χ0v) is 10.5. The lowest BCUT2D eigenvalue weighted by Crippen LogP contribution is -2.44. The first kappa shape index (κ1) is 13.5. The highest BCUT2D eigenvalue weighted by atomic mass is 16.3. The van der Waals surface area contributed by atoms with Gasteiger partial charge in [0.1, 0.15) is 0 Å². The Labute approximate surface area is 97.8 Å². The van der Waals surface area contributed by atoms with Crippen LogP contribution < -0.4 is 10.6 Å². The first-order valence-corrected chi connectivity index (χ1v) is 6.20. The maximum absolute atomic E-state index is 11.8. The van der Waals surface area contributed by atoms with Gasteiger partial charge in [-0.2, -0.15) is 0 Å². The van der Waals surface area contributed by atoms with Gasteiger partial charge in [0.15, 0.2) is 0 Å². The van der Waals surface area contributed by atoms with Crippen LogP contribution in [-0.4, -0.2) is 36.2 Å². The van der Waals surface area contributed by atoms with Gasteiger partial charge in [0.25, 0.3) is 0 Å². The highest BCUT2D eigenvalue weighted by Crippen LogP contribution is 2.16. The van der Waals surface area contributed by atoms with E-state index in [2.05, 4.69) is 17.6 Å². The van der Waals surface area contributed by atoms with Crippen molar-refractivity contribution in [3.05, 3.63) is 0 Å². The van der Waals surface area contributed by atoms with Gasteiger partial charge in [0.05, 0.1) is 6.10 Å². The van der Waals surface area contributed by atoms with Gasteiger partial charge in [-0.25, -0.2) is 0 Å². The number of piperidine rings is 1. The number of rotatable bonds is 4. The van der Waals surface area contributed by atoms with Gasteiger partial charge in [-0.3, -0.25) is 4.79 Å². The van der Waals surface area contributed by atoms with E-state index in [-0.39, 0.29) is 17.7 Å². The molecule has 0 saturated carbocycles. The van der Waals surface area contributed by atoms with E-state index in [4.69, 9.17) is 0 Å². The van der Waals surface area contributed by atoms with Gasteiger partial charge in [-0.15, -0.1) is 0 Å². The van der Waals surface area contributed by atoms with Crippen LogP contribution in [-0.2, 0) is 4.79 Å². The molecule has 1 aliphatic heterocycles. The summed E-state index contributed by atoms with van der Waals surface area (Å²) in [5, 5.41) is 15.8. The van der Waals surface area contributed by atoms with Crippen molar-refractivity contribution >= 4 is 5.91 Å². The topological polar surface area (TPSA) is 61.4 Å². The number of hydrogen-bond donors (Lipinski definition) is 3. The Balaban J connectivity index is 2.29. The highest BCUT2D eigenvalue weighted by Gasteiger charge is 2.24.